The number of rotatable bonds is 5. The number of amides is 2. The maximum Gasteiger partial charge on any atom is 0.412 e. The molecular weight excluding hydrogens is 466 g/mol. The number of para-hydroxylation sites is 2. The number of hydrogen-bond acceptors (Lipinski definition) is 4. The second kappa shape index (κ2) is 11.2. The number of nitrogens with one attached hydrogen (secondary N) is 2. The fraction of sp³-hybridized carbons (Fsp3) is 0.276. The minimum absolute atomic E-state index is 0.131. The zero-order chi connectivity index (χ0) is 26.4. The van der Waals surface area contributed by atoms with Gasteiger partial charge in [-0.1, -0.05) is 48.5 Å². The first-order valence-electron chi connectivity index (χ1n) is 12.3. The van der Waals surface area contributed by atoms with Gasteiger partial charge in [-0.3, -0.25) is 10.1 Å². The van der Waals surface area contributed by atoms with Crippen LogP contribution in [0.4, 0.5) is 21.9 Å². The van der Waals surface area contributed by atoms with Crippen molar-refractivity contribution < 1.29 is 14.3 Å². The Hall–Kier alpha value is -4.33. The lowest BCUT2D eigenvalue weighted by Gasteiger charge is -2.25. The van der Waals surface area contributed by atoms with Crippen LogP contribution in [0.25, 0.3) is 0 Å². The Labute approximate surface area is 217 Å². The molecule has 0 spiro atoms. The van der Waals surface area contributed by atoms with Gasteiger partial charge in [-0.25, -0.2) is 9.79 Å². The molecular formula is C29H33N5O3. The number of ether oxygens (including phenoxy) is 1. The summed E-state index contributed by atoms with van der Waals surface area (Å²) in [4.78, 5) is 32.3. The molecule has 3 aromatic carbocycles. The number of hydrogen-bond donors (Lipinski definition) is 3. The number of aliphatic imine (C=N–C) groups is 1. The van der Waals surface area contributed by atoms with Crippen molar-refractivity contribution in [1.82, 2.24) is 0 Å². The number of fused-ring (bicyclic) bond motifs is 1. The van der Waals surface area contributed by atoms with Gasteiger partial charge in [0, 0.05) is 17.1 Å². The summed E-state index contributed by atoms with van der Waals surface area (Å²) in [5.74, 6) is 0.0623. The molecule has 4 rings (SSSR count). The third kappa shape index (κ3) is 7.10. The highest BCUT2D eigenvalue weighted by Crippen LogP contribution is 2.30. The minimum Gasteiger partial charge on any atom is -0.444 e. The second-order valence-electron chi connectivity index (χ2n) is 9.94. The van der Waals surface area contributed by atoms with Crippen LogP contribution in [0.3, 0.4) is 0 Å². The van der Waals surface area contributed by atoms with E-state index in [1.165, 1.54) is 0 Å². The molecule has 1 unspecified atom stereocenters. The van der Waals surface area contributed by atoms with Crippen LogP contribution >= 0.6 is 0 Å². The molecule has 1 atom stereocenters. The molecule has 0 bridgehead atoms. The first-order valence-corrected chi connectivity index (χ1v) is 12.3. The number of aryl methyl sites for hydroxylation is 1. The summed E-state index contributed by atoms with van der Waals surface area (Å²) in [6.07, 6.45) is 0.714. The smallest absolute Gasteiger partial charge is 0.412 e. The molecule has 0 fully saturated rings. The molecule has 0 radical (unpaired) electrons. The van der Waals surface area contributed by atoms with Gasteiger partial charge >= 0.3 is 6.09 Å². The van der Waals surface area contributed by atoms with Gasteiger partial charge in [0.2, 0.25) is 0 Å². The largest absolute Gasteiger partial charge is 0.444 e. The highest BCUT2D eigenvalue weighted by atomic mass is 16.6. The van der Waals surface area contributed by atoms with Crippen LogP contribution in [-0.2, 0) is 22.5 Å². The van der Waals surface area contributed by atoms with Gasteiger partial charge in [0.15, 0.2) is 5.96 Å². The number of nitrogens with two attached hydrogens (primary N) is 1. The molecule has 1 heterocycles. The summed E-state index contributed by atoms with van der Waals surface area (Å²) in [7, 11) is 0. The van der Waals surface area contributed by atoms with Crippen molar-refractivity contribution >= 4 is 35.0 Å². The van der Waals surface area contributed by atoms with Gasteiger partial charge < -0.3 is 20.7 Å². The van der Waals surface area contributed by atoms with E-state index in [0.717, 1.165) is 22.5 Å². The quantitative estimate of drug-likeness (QED) is 0.326. The maximum atomic E-state index is 13.8. The van der Waals surface area contributed by atoms with E-state index in [-0.39, 0.29) is 11.9 Å². The summed E-state index contributed by atoms with van der Waals surface area (Å²) < 4.78 is 5.36. The summed E-state index contributed by atoms with van der Waals surface area (Å²) in [6, 6.07) is 24.1. The van der Waals surface area contributed by atoms with Crippen LogP contribution in [0.1, 0.15) is 38.3 Å². The number of benzene rings is 3. The van der Waals surface area contributed by atoms with Gasteiger partial charge in [0.1, 0.15) is 11.6 Å². The van der Waals surface area contributed by atoms with Crippen LogP contribution in [0.2, 0.25) is 0 Å². The normalized spacial score (nSPS) is 16.0. The average molecular weight is 500 g/mol. The van der Waals surface area contributed by atoms with Crippen LogP contribution in [-0.4, -0.2) is 29.6 Å². The number of guanidine groups is 1. The first kappa shape index (κ1) is 25.8. The van der Waals surface area contributed by atoms with Gasteiger partial charge in [-0.15, -0.1) is 0 Å². The summed E-state index contributed by atoms with van der Waals surface area (Å²) in [6.45, 7) is 5.75. The number of anilines is 3. The third-order valence-corrected chi connectivity index (χ3v) is 5.77. The second-order valence-corrected chi connectivity index (χ2v) is 9.94. The van der Waals surface area contributed by atoms with Crippen LogP contribution in [0.15, 0.2) is 83.9 Å². The van der Waals surface area contributed by atoms with Gasteiger partial charge in [-0.05, 0) is 75.1 Å². The Bertz CT molecular complexity index is 1280. The Morgan fingerprint density at radius 3 is 2.46 bits per heavy atom. The molecule has 0 aromatic heterocycles. The van der Waals surface area contributed by atoms with E-state index in [4.69, 9.17) is 10.5 Å². The Kier molecular flexibility index (Phi) is 7.77. The van der Waals surface area contributed by atoms with Crippen molar-refractivity contribution in [3.05, 3.63) is 90.0 Å². The molecule has 192 valence electrons. The van der Waals surface area contributed by atoms with Gasteiger partial charge in [0.25, 0.3) is 5.91 Å². The zero-order valence-corrected chi connectivity index (χ0v) is 21.4. The van der Waals surface area contributed by atoms with E-state index in [9.17, 15) is 9.59 Å². The summed E-state index contributed by atoms with van der Waals surface area (Å²) >= 11 is 0. The summed E-state index contributed by atoms with van der Waals surface area (Å²) in [5.41, 5.74) is 9.76. The number of nitrogens with zero attached hydrogens (tertiary/aromatic N) is 2. The molecule has 37 heavy (non-hydrogen) atoms. The van der Waals surface area contributed by atoms with Crippen LogP contribution in [0.5, 0.6) is 0 Å². The molecule has 4 N–H and O–H groups in total. The van der Waals surface area contributed by atoms with E-state index in [2.05, 4.69) is 15.6 Å². The van der Waals surface area contributed by atoms with Crippen LogP contribution < -0.4 is 21.3 Å². The van der Waals surface area contributed by atoms with E-state index >= 15 is 0 Å². The Balaban J connectivity index is 1.56. The Morgan fingerprint density at radius 2 is 1.70 bits per heavy atom. The highest BCUT2D eigenvalue weighted by molar-refractivity contribution is 6.01. The zero-order valence-electron chi connectivity index (χ0n) is 21.4. The van der Waals surface area contributed by atoms with Crippen molar-refractivity contribution in [3.8, 4) is 0 Å². The molecule has 1 aliphatic heterocycles. The molecule has 0 saturated heterocycles. The lowest BCUT2D eigenvalue weighted by molar-refractivity contribution is -0.119. The lowest BCUT2D eigenvalue weighted by Crippen LogP contribution is -2.39. The monoisotopic (exact) mass is 499 g/mol. The molecule has 0 aliphatic carbocycles. The SMILES string of the molecule is CC(C)(C)OC(=O)Nc1cccc(CN2C(=O)C(N=C(N)Nc3ccccc3)CCc3ccccc32)c1. The van der Waals surface area contributed by atoms with E-state index in [1.807, 2.05) is 93.6 Å². The fourth-order valence-corrected chi connectivity index (χ4v) is 4.20. The van der Waals surface area contributed by atoms with Crippen molar-refractivity contribution in [3.63, 3.8) is 0 Å². The predicted octanol–water partition coefficient (Wildman–Crippen LogP) is 5.31. The van der Waals surface area contributed by atoms with E-state index in [0.29, 0.717) is 25.1 Å². The summed E-state index contributed by atoms with van der Waals surface area (Å²) in [5, 5.41) is 5.83. The standard InChI is InChI=1S/C29H33N5O3/c1-29(2,3)37-28(36)32-23-14-9-10-20(18-23)19-34-25-15-8-7-11-21(25)16-17-24(26(34)35)33-27(30)31-22-12-5-4-6-13-22/h4-15,18,24H,16-17,19H2,1-3H3,(H,32,36)(H3,30,31,33). The molecule has 1 aliphatic rings. The first-order chi connectivity index (χ1) is 17.7. The molecule has 2 amide bonds. The number of carbonyl (C=O) groups is 2. The van der Waals surface area contributed by atoms with Crippen molar-refractivity contribution in [2.45, 2.75) is 51.8 Å². The number of carbonyl (C=O) groups excluding carboxylic acids is 2. The van der Waals surface area contributed by atoms with E-state index < -0.39 is 17.7 Å². The Morgan fingerprint density at radius 1 is 1.00 bits per heavy atom. The van der Waals surface area contributed by atoms with E-state index in [1.54, 1.807) is 11.0 Å². The lowest BCUT2D eigenvalue weighted by atomic mass is 10.1. The molecule has 0 saturated carbocycles. The highest BCUT2D eigenvalue weighted by Gasteiger charge is 2.30. The van der Waals surface area contributed by atoms with Gasteiger partial charge in [0.05, 0.1) is 6.54 Å². The fourth-order valence-electron chi connectivity index (χ4n) is 4.20. The topological polar surface area (TPSA) is 109 Å². The third-order valence-electron chi connectivity index (χ3n) is 5.77. The van der Waals surface area contributed by atoms with Crippen molar-refractivity contribution in [2.24, 2.45) is 10.7 Å². The van der Waals surface area contributed by atoms with Gasteiger partial charge in [-0.2, -0.15) is 0 Å². The maximum absolute atomic E-state index is 13.8. The van der Waals surface area contributed by atoms with Crippen molar-refractivity contribution in [1.29, 1.82) is 0 Å². The minimum atomic E-state index is -0.633. The predicted molar refractivity (Wildman–Crippen MR) is 148 cm³/mol. The van der Waals surface area contributed by atoms with Crippen LogP contribution in [0, 0.1) is 0 Å². The van der Waals surface area contributed by atoms with Crippen molar-refractivity contribution in [2.75, 3.05) is 15.5 Å². The molecule has 3 aromatic rings. The average Bonchev–Trinajstić information content (AvgIpc) is 2.96. The molecule has 8 heteroatoms. The molecule has 8 nitrogen and oxygen atoms in total.